The minimum absolute atomic E-state index is 0. The van der Waals surface area contributed by atoms with Gasteiger partial charge < -0.3 is 15.0 Å². The molecule has 2 saturated heterocycles. The highest BCUT2D eigenvalue weighted by Gasteiger charge is 2.23. The van der Waals surface area contributed by atoms with Crippen LogP contribution in [0, 0.1) is 6.92 Å². The number of amides is 1. The van der Waals surface area contributed by atoms with Crippen molar-refractivity contribution in [1.29, 1.82) is 0 Å². The zero-order chi connectivity index (χ0) is 14.7. The van der Waals surface area contributed by atoms with Crippen molar-refractivity contribution in [1.82, 2.24) is 10.2 Å². The number of hydrogen-bond acceptors (Lipinski definition) is 3. The molecule has 3 rings (SSSR count). The molecule has 0 spiro atoms. The van der Waals surface area contributed by atoms with Crippen molar-refractivity contribution in [3.05, 3.63) is 34.9 Å². The Balaban J connectivity index is 0.00000176. The van der Waals surface area contributed by atoms with Gasteiger partial charge in [-0.3, -0.25) is 4.79 Å². The third kappa shape index (κ3) is 3.62. The lowest BCUT2D eigenvalue weighted by Gasteiger charge is -2.29. The van der Waals surface area contributed by atoms with Crippen LogP contribution >= 0.6 is 12.4 Å². The van der Waals surface area contributed by atoms with Gasteiger partial charge in [-0.05, 0) is 56.0 Å². The lowest BCUT2D eigenvalue weighted by molar-refractivity contribution is 0.0302. The molecule has 4 nitrogen and oxygen atoms in total. The number of rotatable bonds is 2. The predicted molar refractivity (Wildman–Crippen MR) is 90.0 cm³/mol. The molecule has 0 unspecified atom stereocenters. The fourth-order valence-electron chi connectivity index (χ4n) is 3.40. The number of halogens is 1. The van der Waals surface area contributed by atoms with Crippen LogP contribution in [0.25, 0.3) is 0 Å². The van der Waals surface area contributed by atoms with Crippen molar-refractivity contribution >= 4 is 18.3 Å². The van der Waals surface area contributed by atoms with Crippen molar-refractivity contribution in [2.45, 2.75) is 25.7 Å². The zero-order valence-corrected chi connectivity index (χ0v) is 14.0. The summed E-state index contributed by atoms with van der Waals surface area (Å²) < 4.78 is 5.33. The minimum atomic E-state index is 0. The fraction of sp³-hybridized carbons (Fsp3) is 0.588. The van der Waals surface area contributed by atoms with E-state index in [4.69, 9.17) is 4.74 Å². The molecular weight excluding hydrogens is 300 g/mol. The summed E-state index contributed by atoms with van der Waals surface area (Å²) in [5.41, 5.74) is 3.39. The Morgan fingerprint density at radius 1 is 1.23 bits per heavy atom. The molecular formula is C17H25ClN2O2. The number of benzene rings is 1. The quantitative estimate of drug-likeness (QED) is 0.908. The van der Waals surface area contributed by atoms with Crippen LogP contribution in [0.15, 0.2) is 18.2 Å². The van der Waals surface area contributed by atoms with Crippen LogP contribution in [-0.2, 0) is 4.74 Å². The number of hydrogen-bond donors (Lipinski definition) is 1. The summed E-state index contributed by atoms with van der Waals surface area (Å²) in [6.07, 6.45) is 2.33. The first-order valence-electron chi connectivity index (χ1n) is 7.94. The van der Waals surface area contributed by atoms with E-state index in [1.807, 2.05) is 17.0 Å². The Morgan fingerprint density at radius 2 is 1.91 bits per heavy atom. The summed E-state index contributed by atoms with van der Waals surface area (Å²) in [6, 6.07) is 6.21. The number of ether oxygens (including phenoxy) is 1. The number of carbonyl (C=O) groups is 1. The monoisotopic (exact) mass is 324 g/mol. The Kier molecular flexibility index (Phi) is 6.24. The summed E-state index contributed by atoms with van der Waals surface area (Å²) >= 11 is 0. The molecule has 2 fully saturated rings. The average Bonchev–Trinajstić information content (AvgIpc) is 2.56. The molecule has 122 valence electrons. The number of morpholine rings is 1. The van der Waals surface area contributed by atoms with Gasteiger partial charge in [0.05, 0.1) is 13.2 Å². The Labute approximate surface area is 138 Å². The smallest absolute Gasteiger partial charge is 0.254 e. The molecule has 0 radical (unpaired) electrons. The summed E-state index contributed by atoms with van der Waals surface area (Å²) in [5, 5.41) is 3.40. The van der Waals surface area contributed by atoms with Crippen molar-refractivity contribution in [2.24, 2.45) is 0 Å². The summed E-state index contributed by atoms with van der Waals surface area (Å²) in [5.74, 6) is 0.746. The first-order valence-corrected chi connectivity index (χ1v) is 7.94. The van der Waals surface area contributed by atoms with Crippen LogP contribution in [0.1, 0.15) is 40.2 Å². The van der Waals surface area contributed by atoms with Gasteiger partial charge in [0.1, 0.15) is 0 Å². The Hall–Kier alpha value is -1.10. The predicted octanol–water partition coefficient (Wildman–Crippen LogP) is 2.36. The maximum atomic E-state index is 12.7. The van der Waals surface area contributed by atoms with Crippen molar-refractivity contribution < 1.29 is 9.53 Å². The van der Waals surface area contributed by atoms with Gasteiger partial charge in [0, 0.05) is 18.7 Å². The van der Waals surface area contributed by atoms with Gasteiger partial charge in [0.25, 0.3) is 5.91 Å². The van der Waals surface area contributed by atoms with Gasteiger partial charge in [-0.1, -0.05) is 12.1 Å². The third-order valence-electron chi connectivity index (χ3n) is 4.68. The largest absolute Gasteiger partial charge is 0.378 e. The number of piperidine rings is 1. The highest BCUT2D eigenvalue weighted by molar-refractivity contribution is 5.96. The van der Waals surface area contributed by atoms with Gasteiger partial charge in [-0.2, -0.15) is 0 Å². The first kappa shape index (κ1) is 17.3. The van der Waals surface area contributed by atoms with Gasteiger partial charge in [0.15, 0.2) is 0 Å². The van der Waals surface area contributed by atoms with Crippen LogP contribution < -0.4 is 5.32 Å². The highest BCUT2D eigenvalue weighted by Crippen LogP contribution is 2.29. The van der Waals surface area contributed by atoms with Gasteiger partial charge in [0.2, 0.25) is 0 Å². The van der Waals surface area contributed by atoms with E-state index in [1.165, 1.54) is 11.1 Å². The SMILES string of the molecule is Cc1c(C(=O)N2CCOCC2)cccc1C1CCNCC1.Cl. The number of carbonyl (C=O) groups excluding carboxylic acids is 1. The summed E-state index contributed by atoms with van der Waals surface area (Å²) in [6.45, 7) is 6.96. The Morgan fingerprint density at radius 3 is 2.59 bits per heavy atom. The molecule has 22 heavy (non-hydrogen) atoms. The normalized spacial score (nSPS) is 19.6. The fourth-order valence-corrected chi connectivity index (χ4v) is 3.40. The molecule has 1 N–H and O–H groups in total. The van der Waals surface area contributed by atoms with Crippen LogP contribution in [0.5, 0.6) is 0 Å². The maximum absolute atomic E-state index is 12.7. The molecule has 1 aromatic carbocycles. The number of nitrogens with zero attached hydrogens (tertiary/aromatic N) is 1. The second kappa shape index (κ2) is 7.95. The lowest BCUT2D eigenvalue weighted by Crippen LogP contribution is -2.41. The molecule has 2 aliphatic rings. The zero-order valence-electron chi connectivity index (χ0n) is 13.1. The van der Waals surface area contributed by atoms with E-state index >= 15 is 0 Å². The first-order chi connectivity index (χ1) is 10.3. The van der Waals surface area contributed by atoms with Crippen molar-refractivity contribution in [2.75, 3.05) is 39.4 Å². The van der Waals surface area contributed by atoms with E-state index < -0.39 is 0 Å². The molecule has 0 saturated carbocycles. The standard InChI is InChI=1S/C17H24N2O2.ClH/c1-13-15(14-5-7-18-8-6-14)3-2-4-16(13)17(20)19-9-11-21-12-10-19;/h2-4,14,18H,5-12H2,1H3;1H. The van der Waals surface area contributed by atoms with E-state index in [9.17, 15) is 4.79 Å². The Bertz CT molecular complexity index is 509. The van der Waals surface area contributed by atoms with Crippen LogP contribution in [0.3, 0.4) is 0 Å². The second-order valence-electron chi connectivity index (χ2n) is 5.95. The van der Waals surface area contributed by atoms with Crippen LogP contribution in [-0.4, -0.2) is 50.2 Å². The third-order valence-corrected chi connectivity index (χ3v) is 4.68. The average molecular weight is 325 g/mol. The molecule has 0 bridgehead atoms. The highest BCUT2D eigenvalue weighted by atomic mass is 35.5. The van der Waals surface area contributed by atoms with E-state index in [2.05, 4.69) is 18.3 Å². The summed E-state index contributed by atoms with van der Waals surface area (Å²) in [7, 11) is 0. The summed E-state index contributed by atoms with van der Waals surface area (Å²) in [4.78, 5) is 14.6. The lowest BCUT2D eigenvalue weighted by atomic mass is 9.85. The molecule has 1 amide bonds. The molecule has 2 aliphatic heterocycles. The minimum Gasteiger partial charge on any atom is -0.378 e. The molecule has 0 aromatic heterocycles. The molecule has 1 aromatic rings. The molecule has 5 heteroatoms. The van der Waals surface area contributed by atoms with E-state index in [1.54, 1.807) is 0 Å². The van der Waals surface area contributed by atoms with Crippen LogP contribution in [0.2, 0.25) is 0 Å². The van der Waals surface area contributed by atoms with Crippen LogP contribution in [0.4, 0.5) is 0 Å². The van der Waals surface area contributed by atoms with Gasteiger partial charge in [-0.25, -0.2) is 0 Å². The van der Waals surface area contributed by atoms with Crippen molar-refractivity contribution in [3.63, 3.8) is 0 Å². The molecule has 0 aliphatic carbocycles. The van der Waals surface area contributed by atoms with E-state index in [0.29, 0.717) is 32.2 Å². The van der Waals surface area contributed by atoms with Gasteiger partial charge in [-0.15, -0.1) is 12.4 Å². The van der Waals surface area contributed by atoms with E-state index in [0.717, 1.165) is 31.5 Å². The van der Waals surface area contributed by atoms with Gasteiger partial charge >= 0.3 is 0 Å². The number of nitrogens with one attached hydrogen (secondary N) is 1. The molecule has 0 atom stereocenters. The molecule has 2 heterocycles. The topological polar surface area (TPSA) is 41.6 Å². The van der Waals surface area contributed by atoms with E-state index in [-0.39, 0.29) is 18.3 Å². The second-order valence-corrected chi connectivity index (χ2v) is 5.95. The maximum Gasteiger partial charge on any atom is 0.254 e. The van der Waals surface area contributed by atoms with Crippen molar-refractivity contribution in [3.8, 4) is 0 Å².